The average Bonchev–Trinajstić information content (AvgIpc) is 2.37. The van der Waals surface area contributed by atoms with Crippen LogP contribution in [0.5, 0.6) is 0 Å². The molecule has 1 saturated heterocycles. The fourth-order valence-electron chi connectivity index (χ4n) is 1.98. The summed E-state index contributed by atoms with van der Waals surface area (Å²) >= 11 is 0. The number of hydrogen-bond donors (Lipinski definition) is 2. The van der Waals surface area contributed by atoms with E-state index in [-0.39, 0.29) is 25.4 Å². The SMILES string of the molecule is COCC(C)OCC(O)CN1CCOCC1CO. The maximum absolute atomic E-state index is 9.90. The Kier molecular flexibility index (Phi) is 7.73. The van der Waals surface area contributed by atoms with Crippen molar-refractivity contribution in [3.05, 3.63) is 0 Å². The minimum atomic E-state index is -0.559. The highest BCUT2D eigenvalue weighted by Gasteiger charge is 2.24. The number of ether oxygens (including phenoxy) is 3. The number of rotatable bonds is 8. The van der Waals surface area contributed by atoms with Crippen LogP contribution in [0.1, 0.15) is 6.92 Å². The summed E-state index contributed by atoms with van der Waals surface area (Å²) in [4.78, 5) is 2.04. The van der Waals surface area contributed by atoms with Crippen molar-refractivity contribution < 1.29 is 24.4 Å². The van der Waals surface area contributed by atoms with Crippen LogP contribution in [-0.2, 0) is 14.2 Å². The summed E-state index contributed by atoms with van der Waals surface area (Å²) in [6.45, 7) is 5.14. The molecule has 0 saturated carbocycles. The van der Waals surface area contributed by atoms with Gasteiger partial charge in [0.2, 0.25) is 0 Å². The number of aliphatic hydroxyl groups excluding tert-OH is 2. The molecule has 3 unspecified atom stereocenters. The third kappa shape index (κ3) is 5.60. The topological polar surface area (TPSA) is 71.4 Å². The van der Waals surface area contributed by atoms with Gasteiger partial charge in [-0.1, -0.05) is 0 Å². The Labute approximate surface area is 108 Å². The zero-order valence-corrected chi connectivity index (χ0v) is 11.2. The number of hydrogen-bond acceptors (Lipinski definition) is 6. The van der Waals surface area contributed by atoms with Gasteiger partial charge in [0.15, 0.2) is 0 Å². The van der Waals surface area contributed by atoms with Gasteiger partial charge in [0.05, 0.1) is 51.3 Å². The molecule has 6 nitrogen and oxygen atoms in total. The minimum Gasteiger partial charge on any atom is -0.395 e. The van der Waals surface area contributed by atoms with E-state index in [2.05, 4.69) is 0 Å². The monoisotopic (exact) mass is 263 g/mol. The molecular formula is C12H25NO5. The molecule has 0 aromatic rings. The van der Waals surface area contributed by atoms with E-state index in [0.29, 0.717) is 26.4 Å². The van der Waals surface area contributed by atoms with Gasteiger partial charge in [-0.05, 0) is 6.92 Å². The van der Waals surface area contributed by atoms with E-state index in [1.54, 1.807) is 7.11 Å². The molecule has 1 rings (SSSR count). The van der Waals surface area contributed by atoms with Crippen molar-refractivity contribution in [2.24, 2.45) is 0 Å². The van der Waals surface area contributed by atoms with Crippen LogP contribution in [0.25, 0.3) is 0 Å². The van der Waals surface area contributed by atoms with Crippen molar-refractivity contribution >= 4 is 0 Å². The molecule has 3 atom stereocenters. The smallest absolute Gasteiger partial charge is 0.0900 e. The lowest BCUT2D eigenvalue weighted by atomic mass is 10.2. The Morgan fingerprint density at radius 1 is 1.44 bits per heavy atom. The van der Waals surface area contributed by atoms with Gasteiger partial charge >= 0.3 is 0 Å². The lowest BCUT2D eigenvalue weighted by molar-refractivity contribution is -0.0700. The molecule has 0 amide bonds. The van der Waals surface area contributed by atoms with E-state index in [4.69, 9.17) is 14.2 Å². The number of aliphatic hydroxyl groups is 2. The minimum absolute atomic E-state index is 0.0233. The van der Waals surface area contributed by atoms with Gasteiger partial charge in [0.25, 0.3) is 0 Å². The molecule has 0 radical (unpaired) electrons. The largest absolute Gasteiger partial charge is 0.395 e. The lowest BCUT2D eigenvalue weighted by Gasteiger charge is -2.35. The Bertz CT molecular complexity index is 217. The molecule has 18 heavy (non-hydrogen) atoms. The zero-order chi connectivity index (χ0) is 13.4. The molecule has 1 aliphatic heterocycles. The average molecular weight is 263 g/mol. The summed E-state index contributed by atoms with van der Waals surface area (Å²) < 4.78 is 15.7. The fourth-order valence-corrected chi connectivity index (χ4v) is 1.98. The highest BCUT2D eigenvalue weighted by atomic mass is 16.5. The van der Waals surface area contributed by atoms with E-state index >= 15 is 0 Å². The third-order valence-electron chi connectivity index (χ3n) is 2.98. The highest BCUT2D eigenvalue weighted by Crippen LogP contribution is 2.07. The molecule has 1 heterocycles. The first-order valence-electron chi connectivity index (χ1n) is 6.38. The van der Waals surface area contributed by atoms with Crippen molar-refractivity contribution in [1.29, 1.82) is 0 Å². The molecule has 0 spiro atoms. The molecule has 0 aromatic carbocycles. The molecule has 0 aromatic heterocycles. The highest BCUT2D eigenvalue weighted by molar-refractivity contribution is 4.76. The third-order valence-corrected chi connectivity index (χ3v) is 2.98. The second kappa shape index (κ2) is 8.79. The summed E-state index contributed by atoms with van der Waals surface area (Å²) in [7, 11) is 1.62. The Hall–Kier alpha value is -0.240. The molecular weight excluding hydrogens is 238 g/mol. The summed E-state index contributed by atoms with van der Waals surface area (Å²) in [6, 6.07) is -0.0233. The van der Waals surface area contributed by atoms with Gasteiger partial charge in [-0.3, -0.25) is 4.90 Å². The maximum atomic E-state index is 9.90. The van der Waals surface area contributed by atoms with Crippen LogP contribution in [-0.4, -0.2) is 86.6 Å². The van der Waals surface area contributed by atoms with E-state index in [1.807, 2.05) is 11.8 Å². The Morgan fingerprint density at radius 2 is 2.22 bits per heavy atom. The van der Waals surface area contributed by atoms with Gasteiger partial charge in [0.1, 0.15) is 0 Å². The fraction of sp³-hybridized carbons (Fsp3) is 1.00. The molecule has 0 bridgehead atoms. The van der Waals surface area contributed by atoms with Crippen molar-refractivity contribution in [2.45, 2.75) is 25.2 Å². The number of methoxy groups -OCH3 is 1. The number of nitrogens with zero attached hydrogens (tertiary/aromatic N) is 1. The standard InChI is InChI=1S/C12H25NO5/c1-10(7-16-2)18-9-12(15)5-13-3-4-17-8-11(13)6-14/h10-12,14-15H,3-9H2,1-2H3. The lowest BCUT2D eigenvalue weighted by Crippen LogP contribution is -2.50. The first-order valence-corrected chi connectivity index (χ1v) is 6.38. The van der Waals surface area contributed by atoms with E-state index < -0.39 is 6.10 Å². The molecule has 1 aliphatic rings. The first-order chi connectivity index (χ1) is 8.67. The summed E-state index contributed by atoms with van der Waals surface area (Å²) in [5, 5.41) is 19.1. The maximum Gasteiger partial charge on any atom is 0.0900 e. The molecule has 2 N–H and O–H groups in total. The normalized spacial score (nSPS) is 25.0. The number of morpholine rings is 1. The van der Waals surface area contributed by atoms with Gasteiger partial charge in [-0.25, -0.2) is 0 Å². The summed E-state index contributed by atoms with van der Waals surface area (Å²) in [5.74, 6) is 0. The first kappa shape index (κ1) is 15.8. The van der Waals surface area contributed by atoms with Crippen LogP contribution in [0.15, 0.2) is 0 Å². The second-order valence-corrected chi connectivity index (χ2v) is 4.66. The molecule has 6 heteroatoms. The van der Waals surface area contributed by atoms with Gasteiger partial charge < -0.3 is 24.4 Å². The van der Waals surface area contributed by atoms with Crippen molar-refractivity contribution in [3.63, 3.8) is 0 Å². The molecule has 0 aliphatic carbocycles. The van der Waals surface area contributed by atoms with Crippen LogP contribution in [0.2, 0.25) is 0 Å². The van der Waals surface area contributed by atoms with Gasteiger partial charge in [0, 0.05) is 20.2 Å². The van der Waals surface area contributed by atoms with Gasteiger partial charge in [-0.15, -0.1) is 0 Å². The van der Waals surface area contributed by atoms with Crippen LogP contribution in [0, 0.1) is 0 Å². The van der Waals surface area contributed by atoms with Crippen molar-refractivity contribution in [3.8, 4) is 0 Å². The zero-order valence-electron chi connectivity index (χ0n) is 11.2. The van der Waals surface area contributed by atoms with Gasteiger partial charge in [-0.2, -0.15) is 0 Å². The second-order valence-electron chi connectivity index (χ2n) is 4.66. The molecule has 108 valence electrons. The van der Waals surface area contributed by atoms with Crippen LogP contribution >= 0.6 is 0 Å². The number of β-amino-alcohol motifs (C(OH)–C–C–N with tert-alkyl or cyclic N) is 1. The summed E-state index contributed by atoms with van der Waals surface area (Å²) in [5.41, 5.74) is 0. The van der Waals surface area contributed by atoms with Crippen LogP contribution in [0.3, 0.4) is 0 Å². The predicted octanol–water partition coefficient (Wildman–Crippen LogP) is -0.908. The summed E-state index contributed by atoms with van der Waals surface area (Å²) in [6.07, 6.45) is -0.584. The molecule has 1 fully saturated rings. The van der Waals surface area contributed by atoms with Crippen LogP contribution in [0.4, 0.5) is 0 Å². The quantitative estimate of drug-likeness (QED) is 0.591. The van der Waals surface area contributed by atoms with E-state index in [9.17, 15) is 10.2 Å². The van der Waals surface area contributed by atoms with Crippen molar-refractivity contribution in [1.82, 2.24) is 4.90 Å². The predicted molar refractivity (Wildman–Crippen MR) is 66.6 cm³/mol. The van der Waals surface area contributed by atoms with Crippen molar-refractivity contribution in [2.75, 3.05) is 53.2 Å². The van der Waals surface area contributed by atoms with Crippen LogP contribution < -0.4 is 0 Å². The van der Waals surface area contributed by atoms with E-state index in [0.717, 1.165) is 6.54 Å². The Balaban J connectivity index is 2.23. The van der Waals surface area contributed by atoms with E-state index in [1.165, 1.54) is 0 Å². The Morgan fingerprint density at radius 3 is 2.89 bits per heavy atom.